The smallest absolute Gasteiger partial charge is 0.290 e. The molecule has 2 aromatic rings. The molecular formula is C9H12N2O3. The predicted molar refractivity (Wildman–Crippen MR) is 50.7 cm³/mol. The number of furan rings is 1. The zero-order chi connectivity index (χ0) is 10.6. The summed E-state index contributed by atoms with van der Waals surface area (Å²) in [7, 11) is 0. The largest absolute Gasteiger partial charge is 0.483 e. The number of H-pyrrole nitrogens is 1. The number of aromatic amines is 1. The first kappa shape index (κ1) is 12.0. The molecule has 0 bridgehead atoms. The van der Waals surface area contributed by atoms with Gasteiger partial charge in [0, 0.05) is 12.4 Å². The number of nitrogens with zero attached hydrogens (tertiary/aromatic N) is 1. The second-order valence-corrected chi connectivity index (χ2v) is 2.09. The van der Waals surface area contributed by atoms with Crippen molar-refractivity contribution in [2.45, 2.75) is 6.92 Å². The van der Waals surface area contributed by atoms with Crippen molar-refractivity contribution in [3.63, 3.8) is 0 Å². The molecule has 0 saturated heterocycles. The van der Waals surface area contributed by atoms with Gasteiger partial charge in [0.05, 0.1) is 12.6 Å². The second-order valence-electron chi connectivity index (χ2n) is 2.09. The van der Waals surface area contributed by atoms with E-state index >= 15 is 0 Å². The Kier molecular flexibility index (Phi) is 7.73. The van der Waals surface area contributed by atoms with Gasteiger partial charge in [0.15, 0.2) is 0 Å². The van der Waals surface area contributed by atoms with Gasteiger partial charge in [0.25, 0.3) is 6.47 Å². The van der Waals surface area contributed by atoms with Crippen molar-refractivity contribution in [2.75, 3.05) is 0 Å². The second kappa shape index (κ2) is 9.05. The van der Waals surface area contributed by atoms with Crippen LogP contribution in [0.4, 0.5) is 0 Å². The van der Waals surface area contributed by atoms with Gasteiger partial charge in [-0.3, -0.25) is 4.79 Å². The lowest BCUT2D eigenvalue weighted by Crippen LogP contribution is -1.49. The average Bonchev–Trinajstić information content (AvgIpc) is 2.78. The van der Waals surface area contributed by atoms with Crippen molar-refractivity contribution in [3.05, 3.63) is 42.9 Å². The minimum Gasteiger partial charge on any atom is -0.483 e. The van der Waals surface area contributed by atoms with Gasteiger partial charge in [-0.1, -0.05) is 0 Å². The summed E-state index contributed by atoms with van der Waals surface area (Å²) in [4.78, 5) is 14.8. The van der Waals surface area contributed by atoms with Crippen molar-refractivity contribution in [1.82, 2.24) is 9.97 Å². The lowest BCUT2D eigenvalue weighted by Gasteiger charge is -1.69. The van der Waals surface area contributed by atoms with E-state index in [1.165, 1.54) is 0 Å². The average molecular weight is 196 g/mol. The van der Waals surface area contributed by atoms with Crippen LogP contribution in [0.1, 0.15) is 5.76 Å². The van der Waals surface area contributed by atoms with Crippen molar-refractivity contribution in [3.8, 4) is 0 Å². The lowest BCUT2D eigenvalue weighted by molar-refractivity contribution is -0.122. The monoisotopic (exact) mass is 196 g/mol. The number of imidazole rings is 1. The summed E-state index contributed by atoms with van der Waals surface area (Å²) >= 11 is 0. The number of nitrogens with one attached hydrogen (secondary N) is 1. The topological polar surface area (TPSA) is 79.1 Å². The highest BCUT2D eigenvalue weighted by atomic mass is 16.3. The Morgan fingerprint density at radius 2 is 2.36 bits per heavy atom. The molecule has 5 heteroatoms. The third-order valence-electron chi connectivity index (χ3n) is 1.07. The Balaban J connectivity index is 0.000000193. The van der Waals surface area contributed by atoms with E-state index in [1.54, 1.807) is 25.0 Å². The van der Waals surface area contributed by atoms with Crippen molar-refractivity contribution < 1.29 is 14.3 Å². The van der Waals surface area contributed by atoms with E-state index in [-0.39, 0.29) is 6.47 Å². The van der Waals surface area contributed by atoms with E-state index in [0.717, 1.165) is 5.76 Å². The van der Waals surface area contributed by atoms with Gasteiger partial charge in [-0.05, 0) is 19.1 Å². The molecule has 0 unspecified atom stereocenters. The molecule has 0 aliphatic carbocycles. The van der Waals surface area contributed by atoms with Crippen LogP contribution in [-0.2, 0) is 4.79 Å². The Morgan fingerprint density at radius 1 is 1.64 bits per heavy atom. The number of carboxylic acid groups (broad SMARTS) is 1. The number of aryl methyl sites for hydroxylation is 1. The number of carbonyl (C=O) groups is 1. The van der Waals surface area contributed by atoms with Crippen LogP contribution in [0.3, 0.4) is 0 Å². The quantitative estimate of drug-likeness (QED) is 0.628. The zero-order valence-corrected chi connectivity index (χ0v) is 7.75. The highest BCUT2D eigenvalue weighted by molar-refractivity contribution is 5.32. The third kappa shape index (κ3) is 8.06. The van der Waals surface area contributed by atoms with Crippen LogP contribution in [-0.4, -0.2) is 21.5 Å². The molecule has 2 heterocycles. The number of aromatic nitrogens is 2. The molecule has 0 spiro atoms. The van der Waals surface area contributed by atoms with E-state index < -0.39 is 0 Å². The Morgan fingerprint density at radius 3 is 2.50 bits per heavy atom. The normalized spacial score (nSPS) is 7.50. The number of rotatable bonds is 0. The van der Waals surface area contributed by atoms with Crippen LogP contribution in [0.25, 0.3) is 0 Å². The van der Waals surface area contributed by atoms with Gasteiger partial charge >= 0.3 is 0 Å². The molecule has 5 nitrogen and oxygen atoms in total. The number of hydrogen-bond acceptors (Lipinski definition) is 3. The molecule has 0 amide bonds. The van der Waals surface area contributed by atoms with Crippen LogP contribution < -0.4 is 0 Å². The molecule has 2 rings (SSSR count). The SMILES string of the molecule is Cc1ccco1.O=CO.c1c[nH]cn1. The first-order chi connectivity index (χ1) is 6.81. The van der Waals surface area contributed by atoms with Crippen LogP contribution >= 0.6 is 0 Å². The fourth-order valence-electron chi connectivity index (χ4n) is 0.576. The van der Waals surface area contributed by atoms with Crippen molar-refractivity contribution in [2.24, 2.45) is 0 Å². The number of hydrogen-bond donors (Lipinski definition) is 2. The van der Waals surface area contributed by atoms with Gasteiger partial charge in [-0.25, -0.2) is 4.98 Å². The van der Waals surface area contributed by atoms with E-state index in [2.05, 4.69) is 9.97 Å². The maximum Gasteiger partial charge on any atom is 0.290 e. The van der Waals surface area contributed by atoms with E-state index in [0.29, 0.717) is 0 Å². The van der Waals surface area contributed by atoms with Gasteiger partial charge in [0.2, 0.25) is 0 Å². The maximum atomic E-state index is 8.36. The van der Waals surface area contributed by atoms with Gasteiger partial charge in [-0.15, -0.1) is 0 Å². The third-order valence-corrected chi connectivity index (χ3v) is 1.07. The molecule has 76 valence electrons. The Hall–Kier alpha value is -2.04. The molecule has 0 radical (unpaired) electrons. The molecule has 2 aromatic heterocycles. The maximum absolute atomic E-state index is 8.36. The molecule has 0 fully saturated rings. The fraction of sp³-hybridized carbons (Fsp3) is 0.111. The van der Waals surface area contributed by atoms with Crippen LogP contribution in [0.15, 0.2) is 41.5 Å². The van der Waals surface area contributed by atoms with Crippen LogP contribution in [0.5, 0.6) is 0 Å². The van der Waals surface area contributed by atoms with Gasteiger partial charge in [-0.2, -0.15) is 0 Å². The van der Waals surface area contributed by atoms with Gasteiger partial charge < -0.3 is 14.5 Å². The zero-order valence-electron chi connectivity index (χ0n) is 7.75. The Labute approximate surface area is 81.4 Å². The molecular weight excluding hydrogens is 184 g/mol. The van der Waals surface area contributed by atoms with Crippen molar-refractivity contribution in [1.29, 1.82) is 0 Å². The Bertz CT molecular complexity index is 272. The van der Waals surface area contributed by atoms with E-state index in [4.69, 9.17) is 14.3 Å². The highest BCUT2D eigenvalue weighted by Gasteiger charge is 1.75. The summed E-state index contributed by atoms with van der Waals surface area (Å²) in [5.41, 5.74) is 0. The van der Waals surface area contributed by atoms with E-state index in [9.17, 15) is 0 Å². The minimum absolute atomic E-state index is 0.250. The molecule has 14 heavy (non-hydrogen) atoms. The molecule has 0 aliphatic rings. The predicted octanol–water partition coefficient (Wildman–Crippen LogP) is 1.70. The van der Waals surface area contributed by atoms with Crippen LogP contribution in [0.2, 0.25) is 0 Å². The summed E-state index contributed by atoms with van der Waals surface area (Å²) in [5.74, 6) is 0.968. The van der Waals surface area contributed by atoms with Gasteiger partial charge in [0.1, 0.15) is 5.76 Å². The summed E-state index contributed by atoms with van der Waals surface area (Å²) in [5, 5.41) is 6.89. The molecule has 0 atom stereocenters. The van der Waals surface area contributed by atoms with Crippen molar-refractivity contribution >= 4 is 6.47 Å². The van der Waals surface area contributed by atoms with Crippen LogP contribution in [0, 0.1) is 6.92 Å². The standard InChI is InChI=1S/C5H6O.C3H4N2.CH2O2/c1-5-3-2-4-6-5;1-2-5-3-4-1;2-1-3/h2-4H,1H3;1-3H,(H,4,5);1H,(H,2,3). The molecule has 2 N–H and O–H groups in total. The summed E-state index contributed by atoms with van der Waals surface area (Å²) in [6, 6.07) is 3.79. The molecule has 0 aliphatic heterocycles. The fourth-order valence-corrected chi connectivity index (χ4v) is 0.576. The first-order valence-corrected chi connectivity index (χ1v) is 3.82. The minimum atomic E-state index is -0.250. The highest BCUT2D eigenvalue weighted by Crippen LogP contribution is 1.93. The molecule has 0 saturated carbocycles. The molecule has 0 aromatic carbocycles. The lowest BCUT2D eigenvalue weighted by atomic mass is 10.5. The first-order valence-electron chi connectivity index (χ1n) is 3.82. The summed E-state index contributed by atoms with van der Waals surface area (Å²) in [6.07, 6.45) is 6.75. The summed E-state index contributed by atoms with van der Waals surface area (Å²) < 4.78 is 4.83. The van der Waals surface area contributed by atoms with E-state index in [1.807, 2.05) is 19.1 Å². The summed E-state index contributed by atoms with van der Waals surface area (Å²) in [6.45, 7) is 1.67.